The Kier molecular flexibility index (Phi) is 6.97. The van der Waals surface area contributed by atoms with Crippen molar-refractivity contribution in [2.75, 3.05) is 5.73 Å². The molecule has 3 rings (SSSR count). The van der Waals surface area contributed by atoms with Crippen LogP contribution in [-0.2, 0) is 27.0 Å². The van der Waals surface area contributed by atoms with Crippen molar-refractivity contribution in [2.45, 2.75) is 58.0 Å². The predicted octanol–water partition coefficient (Wildman–Crippen LogP) is 3.15. The zero-order valence-electron chi connectivity index (χ0n) is 19.8. The maximum Gasteiger partial charge on any atom is 0.417 e. The van der Waals surface area contributed by atoms with Crippen molar-refractivity contribution in [2.24, 2.45) is 5.73 Å². The molecule has 0 saturated heterocycles. The van der Waals surface area contributed by atoms with Crippen LogP contribution in [0.2, 0.25) is 0 Å². The molecule has 9 nitrogen and oxygen atoms in total. The monoisotopic (exact) mass is 503 g/mol. The van der Waals surface area contributed by atoms with E-state index in [1.54, 1.807) is 20.8 Å². The number of ether oxygens (including phenoxy) is 1. The van der Waals surface area contributed by atoms with Crippen LogP contribution < -0.4 is 11.5 Å². The number of rotatable bonds is 6. The molecule has 0 spiro atoms. The number of pyridine rings is 1. The van der Waals surface area contributed by atoms with E-state index in [1.165, 1.54) is 29.2 Å². The molecule has 0 radical (unpaired) electrons. The number of carbonyl (C=O) groups excluding carboxylic acids is 3. The van der Waals surface area contributed by atoms with Crippen LogP contribution in [0.25, 0.3) is 11.3 Å². The standard InChI is InChI=1S/C24H24F3N5O4/c1-23(2,3)36-19(33)7-6-17(21(30)34)32-11-13-8-12(4-5-14(13)22(32)35)20-15(10-28)16(24(25,26)27)9-18(29)31-20/h4-5,8-9,17H,6-7,11H2,1-3H3,(H2,29,31)(H2,30,34)/t17-/m0/s1. The molecule has 0 bridgehead atoms. The zero-order valence-corrected chi connectivity index (χ0v) is 19.8. The first-order valence-corrected chi connectivity index (χ1v) is 10.9. The third-order valence-corrected chi connectivity index (χ3v) is 5.41. The molecule has 1 atom stereocenters. The van der Waals surface area contributed by atoms with Gasteiger partial charge in [0.15, 0.2) is 0 Å². The fourth-order valence-corrected chi connectivity index (χ4v) is 3.95. The lowest BCUT2D eigenvalue weighted by Gasteiger charge is -2.25. The predicted molar refractivity (Wildman–Crippen MR) is 122 cm³/mol. The van der Waals surface area contributed by atoms with Gasteiger partial charge in [0, 0.05) is 24.1 Å². The highest BCUT2D eigenvalue weighted by molar-refractivity contribution is 6.01. The number of fused-ring (bicyclic) bond motifs is 1. The van der Waals surface area contributed by atoms with Crippen LogP contribution in [0.4, 0.5) is 19.0 Å². The van der Waals surface area contributed by atoms with Gasteiger partial charge in [0.2, 0.25) is 5.91 Å². The Hall–Kier alpha value is -4.14. The number of halogens is 3. The molecule has 0 saturated carbocycles. The second-order valence-corrected chi connectivity index (χ2v) is 9.28. The second-order valence-electron chi connectivity index (χ2n) is 9.28. The summed E-state index contributed by atoms with van der Waals surface area (Å²) in [5.41, 5.74) is 8.89. The van der Waals surface area contributed by atoms with Crippen LogP contribution in [0.15, 0.2) is 24.3 Å². The van der Waals surface area contributed by atoms with Gasteiger partial charge in [0.1, 0.15) is 23.5 Å². The highest BCUT2D eigenvalue weighted by atomic mass is 19.4. The lowest BCUT2D eigenvalue weighted by molar-refractivity contribution is -0.155. The lowest BCUT2D eigenvalue weighted by Crippen LogP contribution is -2.45. The van der Waals surface area contributed by atoms with Crippen molar-refractivity contribution in [3.63, 3.8) is 0 Å². The quantitative estimate of drug-likeness (QED) is 0.574. The molecule has 36 heavy (non-hydrogen) atoms. The minimum atomic E-state index is -4.83. The number of nitrogen functional groups attached to an aromatic ring is 1. The van der Waals surface area contributed by atoms with E-state index in [0.717, 1.165) is 0 Å². The average molecular weight is 503 g/mol. The summed E-state index contributed by atoms with van der Waals surface area (Å²) in [4.78, 5) is 42.3. The highest BCUT2D eigenvalue weighted by Gasteiger charge is 2.38. The van der Waals surface area contributed by atoms with E-state index in [0.29, 0.717) is 11.6 Å². The van der Waals surface area contributed by atoms with E-state index < -0.39 is 52.5 Å². The molecule has 0 fully saturated rings. The van der Waals surface area contributed by atoms with Crippen LogP contribution in [0.5, 0.6) is 0 Å². The van der Waals surface area contributed by atoms with Gasteiger partial charge < -0.3 is 21.1 Å². The number of esters is 1. The summed E-state index contributed by atoms with van der Waals surface area (Å²) in [6.45, 7) is 5.00. The first kappa shape index (κ1) is 26.5. The first-order valence-electron chi connectivity index (χ1n) is 10.9. The van der Waals surface area contributed by atoms with E-state index in [1.807, 2.05) is 0 Å². The summed E-state index contributed by atoms with van der Waals surface area (Å²) in [5, 5.41) is 9.42. The Morgan fingerprint density at radius 3 is 2.47 bits per heavy atom. The van der Waals surface area contributed by atoms with Crippen LogP contribution in [0, 0.1) is 11.3 Å². The van der Waals surface area contributed by atoms with E-state index in [4.69, 9.17) is 16.2 Å². The summed E-state index contributed by atoms with van der Waals surface area (Å²) < 4.78 is 45.6. The van der Waals surface area contributed by atoms with Crippen molar-refractivity contribution >= 4 is 23.6 Å². The number of nitrogens with zero attached hydrogens (tertiary/aromatic N) is 3. The van der Waals surface area contributed by atoms with Crippen LogP contribution in [-0.4, -0.2) is 39.3 Å². The van der Waals surface area contributed by atoms with Gasteiger partial charge in [-0.25, -0.2) is 4.98 Å². The molecule has 4 N–H and O–H groups in total. The van der Waals surface area contributed by atoms with Crippen molar-refractivity contribution in [1.29, 1.82) is 5.26 Å². The number of hydrogen-bond donors (Lipinski definition) is 2. The van der Waals surface area contributed by atoms with Crippen LogP contribution in [0.3, 0.4) is 0 Å². The molecular formula is C24H24F3N5O4. The number of aromatic nitrogens is 1. The molecule has 1 aliphatic rings. The number of carbonyl (C=O) groups is 3. The van der Waals surface area contributed by atoms with Crippen molar-refractivity contribution in [3.05, 3.63) is 46.5 Å². The topological polar surface area (TPSA) is 152 Å². The fraction of sp³-hybridized carbons (Fsp3) is 0.375. The minimum Gasteiger partial charge on any atom is -0.460 e. The molecule has 190 valence electrons. The van der Waals surface area contributed by atoms with Gasteiger partial charge in [-0.3, -0.25) is 14.4 Å². The SMILES string of the molecule is CC(C)(C)OC(=O)CC[C@@H](C(N)=O)N1Cc2cc(-c3nc(N)cc(C(F)(F)F)c3C#N)ccc2C1=O. The molecule has 0 aliphatic carbocycles. The van der Waals surface area contributed by atoms with Gasteiger partial charge in [-0.1, -0.05) is 6.07 Å². The minimum absolute atomic E-state index is 0.0683. The van der Waals surface area contributed by atoms with Gasteiger partial charge in [-0.2, -0.15) is 18.4 Å². The fourth-order valence-electron chi connectivity index (χ4n) is 3.95. The first-order chi connectivity index (χ1) is 16.6. The number of nitrogens with two attached hydrogens (primary N) is 2. The summed E-state index contributed by atoms with van der Waals surface area (Å²) in [5.74, 6) is -2.33. The highest BCUT2D eigenvalue weighted by Crippen LogP contribution is 2.38. The van der Waals surface area contributed by atoms with Gasteiger partial charge in [0.05, 0.1) is 16.8 Å². The molecular weight excluding hydrogens is 479 g/mol. The van der Waals surface area contributed by atoms with Gasteiger partial charge in [-0.15, -0.1) is 0 Å². The third-order valence-electron chi connectivity index (χ3n) is 5.41. The Bertz CT molecular complexity index is 1280. The summed E-state index contributed by atoms with van der Waals surface area (Å²) in [7, 11) is 0. The largest absolute Gasteiger partial charge is 0.460 e. The van der Waals surface area contributed by atoms with Crippen LogP contribution in [0.1, 0.15) is 60.7 Å². The Labute approximate surface area is 204 Å². The molecule has 12 heteroatoms. The maximum atomic E-state index is 13.5. The van der Waals surface area contributed by atoms with E-state index >= 15 is 0 Å². The summed E-state index contributed by atoms with van der Waals surface area (Å²) >= 11 is 0. The van der Waals surface area contributed by atoms with E-state index in [-0.39, 0.29) is 36.2 Å². The second kappa shape index (κ2) is 9.49. The molecule has 2 aromatic rings. The normalized spacial score (nSPS) is 14.2. The summed E-state index contributed by atoms with van der Waals surface area (Å²) in [6, 6.07) is 5.15. The van der Waals surface area contributed by atoms with E-state index in [9.17, 15) is 32.8 Å². The number of alkyl halides is 3. The molecule has 1 aromatic heterocycles. The lowest BCUT2D eigenvalue weighted by atomic mass is 9.98. The van der Waals surface area contributed by atoms with E-state index in [2.05, 4.69) is 4.98 Å². The number of primary amides is 1. The van der Waals surface area contributed by atoms with Crippen molar-refractivity contribution in [1.82, 2.24) is 9.88 Å². The number of hydrogen-bond acceptors (Lipinski definition) is 7. The molecule has 2 heterocycles. The van der Waals surface area contributed by atoms with Crippen LogP contribution >= 0.6 is 0 Å². The third kappa shape index (κ3) is 5.56. The summed E-state index contributed by atoms with van der Waals surface area (Å²) in [6.07, 6.45) is -5.06. The molecule has 1 aromatic carbocycles. The smallest absolute Gasteiger partial charge is 0.417 e. The van der Waals surface area contributed by atoms with Crippen molar-refractivity contribution < 1.29 is 32.3 Å². The Balaban J connectivity index is 1.92. The van der Waals surface area contributed by atoms with Crippen molar-refractivity contribution in [3.8, 4) is 17.3 Å². The number of anilines is 1. The Morgan fingerprint density at radius 2 is 1.92 bits per heavy atom. The molecule has 2 amide bonds. The molecule has 1 aliphatic heterocycles. The number of nitriles is 1. The Morgan fingerprint density at radius 1 is 1.25 bits per heavy atom. The van der Waals surface area contributed by atoms with Gasteiger partial charge >= 0.3 is 12.1 Å². The zero-order chi connectivity index (χ0) is 27.0. The number of amides is 2. The average Bonchev–Trinajstić information content (AvgIpc) is 3.06. The maximum absolute atomic E-state index is 13.5. The van der Waals surface area contributed by atoms with Gasteiger partial charge in [-0.05, 0) is 51.0 Å². The van der Waals surface area contributed by atoms with Gasteiger partial charge in [0.25, 0.3) is 5.91 Å². The molecule has 0 unspecified atom stereocenters. The number of benzene rings is 1.